The lowest BCUT2D eigenvalue weighted by molar-refractivity contribution is 0.205. The summed E-state index contributed by atoms with van der Waals surface area (Å²) in [4.78, 5) is 6.79. The minimum absolute atomic E-state index is 0.520. The van der Waals surface area contributed by atoms with Gasteiger partial charge in [-0.25, -0.2) is 4.98 Å². The van der Waals surface area contributed by atoms with Crippen LogP contribution in [0.2, 0.25) is 0 Å². The van der Waals surface area contributed by atoms with Gasteiger partial charge in [0.1, 0.15) is 5.82 Å². The molecular formula is C14H18N6Si. The van der Waals surface area contributed by atoms with E-state index >= 15 is 0 Å². The number of likely N-dealkylation sites (tertiary alicyclic amines) is 1. The minimum atomic E-state index is -0.552. The number of H-pyrrole nitrogens is 1. The number of anilines is 2. The molecule has 2 aliphatic rings. The molecule has 0 aliphatic carbocycles. The predicted octanol–water partition coefficient (Wildman–Crippen LogP) is -0.581. The van der Waals surface area contributed by atoms with Crippen LogP contribution in [0.1, 0.15) is 11.4 Å². The van der Waals surface area contributed by atoms with Gasteiger partial charge in [-0.2, -0.15) is 5.10 Å². The van der Waals surface area contributed by atoms with Crippen molar-refractivity contribution in [3.8, 4) is 0 Å². The third kappa shape index (κ3) is 2.24. The van der Waals surface area contributed by atoms with Crippen LogP contribution in [0.25, 0.3) is 11.3 Å². The number of likely N-dealkylation sites (N-methyl/N-ethyl adjacent to an activating group) is 1. The van der Waals surface area contributed by atoms with E-state index in [9.17, 15) is 0 Å². The highest BCUT2D eigenvalue weighted by Gasteiger charge is 2.26. The zero-order valence-electron chi connectivity index (χ0n) is 11.9. The number of nitrogens with one attached hydrogen (secondary N) is 2. The quantitative estimate of drug-likeness (QED) is 0.660. The lowest BCUT2D eigenvalue weighted by Crippen LogP contribution is -2.53. The van der Waals surface area contributed by atoms with Gasteiger partial charge in [-0.3, -0.25) is 5.10 Å². The highest BCUT2D eigenvalue weighted by Crippen LogP contribution is 2.24. The van der Waals surface area contributed by atoms with E-state index in [2.05, 4.69) is 38.5 Å². The summed E-state index contributed by atoms with van der Waals surface area (Å²) in [6.07, 6.45) is 3.95. The van der Waals surface area contributed by atoms with Crippen LogP contribution in [0.4, 0.5) is 11.5 Å². The van der Waals surface area contributed by atoms with Crippen molar-refractivity contribution in [1.82, 2.24) is 20.1 Å². The van der Waals surface area contributed by atoms with Crippen molar-refractivity contribution < 1.29 is 0 Å². The van der Waals surface area contributed by atoms with Gasteiger partial charge < -0.3 is 16.0 Å². The lowest BCUT2D eigenvalue weighted by Gasteiger charge is -2.37. The van der Waals surface area contributed by atoms with Crippen molar-refractivity contribution in [2.45, 2.75) is 6.04 Å². The smallest absolute Gasteiger partial charge is 0.126 e. The highest BCUT2D eigenvalue weighted by atomic mass is 28.2. The Bertz CT molecular complexity index is 703. The molecule has 6 nitrogen and oxygen atoms in total. The van der Waals surface area contributed by atoms with Crippen molar-refractivity contribution >= 4 is 37.5 Å². The first-order valence-electron chi connectivity index (χ1n) is 7.14. The molecule has 0 aromatic carbocycles. The number of nitrogen functional groups attached to an aromatic ring is 1. The summed E-state index contributed by atoms with van der Waals surface area (Å²) < 4.78 is 0. The Kier molecular flexibility index (Phi) is 2.83. The number of hydrogen-bond acceptors (Lipinski definition) is 5. The zero-order chi connectivity index (χ0) is 14.4. The molecule has 7 heteroatoms. The lowest BCUT2D eigenvalue weighted by atomic mass is 10.1. The van der Waals surface area contributed by atoms with Crippen molar-refractivity contribution in [2.24, 2.45) is 0 Å². The number of aromatic amines is 1. The van der Waals surface area contributed by atoms with Crippen molar-refractivity contribution in [3.63, 3.8) is 0 Å². The van der Waals surface area contributed by atoms with Gasteiger partial charge in [0.15, 0.2) is 0 Å². The summed E-state index contributed by atoms with van der Waals surface area (Å²) in [5.41, 5.74) is 9.27. The largest absolute Gasteiger partial charge is 0.384 e. The summed E-state index contributed by atoms with van der Waals surface area (Å²) in [6.45, 7) is 2.17. The average molecular weight is 298 g/mol. The molecule has 21 heavy (non-hydrogen) atoms. The summed E-state index contributed by atoms with van der Waals surface area (Å²) in [5.74, 6) is 0.583. The molecular weight excluding hydrogens is 280 g/mol. The number of nitrogens with two attached hydrogens (primary N) is 1. The molecule has 108 valence electrons. The Morgan fingerprint density at radius 1 is 1.48 bits per heavy atom. The van der Waals surface area contributed by atoms with Crippen LogP contribution in [-0.4, -0.2) is 55.8 Å². The second-order valence-corrected chi connectivity index (χ2v) is 7.66. The van der Waals surface area contributed by atoms with Crippen LogP contribution in [0.3, 0.4) is 0 Å². The third-order valence-corrected chi connectivity index (χ3v) is 6.19. The summed E-state index contributed by atoms with van der Waals surface area (Å²) in [7, 11) is 1.58. The molecule has 4 heterocycles. The third-order valence-electron chi connectivity index (χ3n) is 4.12. The van der Waals surface area contributed by atoms with Crippen LogP contribution < -0.4 is 16.2 Å². The Morgan fingerprint density at radius 3 is 3.05 bits per heavy atom. The van der Waals surface area contributed by atoms with Crippen molar-refractivity contribution in [2.75, 3.05) is 31.2 Å². The molecule has 1 fully saturated rings. The monoisotopic (exact) mass is 298 g/mol. The molecule has 0 bridgehead atoms. The van der Waals surface area contributed by atoms with Crippen LogP contribution in [0.15, 0.2) is 18.3 Å². The molecule has 0 amide bonds. The molecule has 0 unspecified atom stereocenters. The number of rotatable bonds is 3. The minimum Gasteiger partial charge on any atom is -0.384 e. The first-order valence-corrected chi connectivity index (χ1v) is 8.55. The zero-order valence-corrected chi connectivity index (χ0v) is 13.3. The fraction of sp³-hybridized carbons (Fsp3) is 0.286. The number of aromatic nitrogens is 3. The first-order chi connectivity index (χ1) is 10.2. The molecule has 0 radical (unpaired) electrons. The molecule has 2 aromatic heterocycles. The van der Waals surface area contributed by atoms with E-state index in [0.717, 1.165) is 24.5 Å². The van der Waals surface area contributed by atoms with Crippen LogP contribution in [0.5, 0.6) is 0 Å². The van der Waals surface area contributed by atoms with E-state index in [1.54, 1.807) is 6.20 Å². The maximum absolute atomic E-state index is 5.96. The number of fused-ring (bicyclic) bond motifs is 1. The van der Waals surface area contributed by atoms with Gasteiger partial charge >= 0.3 is 0 Å². The maximum Gasteiger partial charge on any atom is 0.126 e. The van der Waals surface area contributed by atoms with E-state index in [4.69, 9.17) is 5.73 Å². The van der Waals surface area contributed by atoms with Gasteiger partial charge in [-0.1, -0.05) is 0 Å². The SMILES string of the molecule is CN1CC(Nc2cc(N)nc3c2[SiH2]C(c2ccn[nH]2)=C3)C1. The number of pyridine rings is 1. The Hall–Kier alpha value is -2.12. The van der Waals surface area contributed by atoms with Gasteiger partial charge in [0.2, 0.25) is 0 Å². The van der Waals surface area contributed by atoms with Crippen LogP contribution >= 0.6 is 0 Å². The highest BCUT2D eigenvalue weighted by molar-refractivity contribution is 6.78. The average Bonchev–Trinajstić information content (AvgIpc) is 3.04. The standard InChI is InChI=1S/C14H18N6Si/c1-20-6-8(7-20)17-11-5-13(15)18-10-4-12(21-14(10)11)9-2-3-16-19-9/h2-5,8H,6-7,21H2,1H3,(H,16,19)(H3,15,17,18). The van der Waals surface area contributed by atoms with E-state index in [-0.39, 0.29) is 0 Å². The predicted molar refractivity (Wildman–Crippen MR) is 88.2 cm³/mol. The molecule has 4 rings (SSSR count). The van der Waals surface area contributed by atoms with Gasteiger partial charge in [-0.05, 0) is 29.6 Å². The number of nitrogens with zero attached hydrogens (tertiary/aromatic N) is 3. The van der Waals surface area contributed by atoms with Gasteiger partial charge in [0.25, 0.3) is 0 Å². The van der Waals surface area contributed by atoms with E-state index in [1.165, 1.54) is 16.1 Å². The van der Waals surface area contributed by atoms with Crippen LogP contribution in [0, 0.1) is 0 Å². The topological polar surface area (TPSA) is 82.9 Å². The van der Waals surface area contributed by atoms with Gasteiger partial charge in [0.05, 0.1) is 26.9 Å². The molecule has 2 aliphatic heterocycles. The Morgan fingerprint density at radius 2 is 2.33 bits per heavy atom. The van der Waals surface area contributed by atoms with Gasteiger partial charge in [0, 0.05) is 31.0 Å². The fourth-order valence-corrected chi connectivity index (χ4v) is 4.89. The van der Waals surface area contributed by atoms with E-state index in [0.29, 0.717) is 11.9 Å². The summed E-state index contributed by atoms with van der Waals surface area (Å²) in [5, 5.41) is 13.4. The molecule has 1 saturated heterocycles. The normalized spacial score (nSPS) is 19.4. The van der Waals surface area contributed by atoms with Crippen molar-refractivity contribution in [1.29, 1.82) is 0 Å². The Balaban J connectivity index is 1.63. The second kappa shape index (κ2) is 4.71. The summed E-state index contributed by atoms with van der Waals surface area (Å²) in [6, 6.07) is 4.52. The molecule has 2 aromatic rings. The van der Waals surface area contributed by atoms with Crippen LogP contribution in [-0.2, 0) is 0 Å². The number of hydrogen-bond donors (Lipinski definition) is 3. The van der Waals surface area contributed by atoms with E-state index in [1.807, 2.05) is 12.1 Å². The molecule has 0 atom stereocenters. The van der Waals surface area contributed by atoms with Crippen molar-refractivity contribution in [3.05, 3.63) is 29.7 Å². The molecule has 0 spiro atoms. The maximum atomic E-state index is 5.96. The second-order valence-electron chi connectivity index (χ2n) is 5.84. The van der Waals surface area contributed by atoms with Gasteiger partial charge in [-0.15, -0.1) is 0 Å². The first kappa shape index (κ1) is 12.6. The van der Waals surface area contributed by atoms with E-state index < -0.39 is 9.52 Å². The fourth-order valence-electron chi connectivity index (χ4n) is 3.07. The molecule has 0 saturated carbocycles. The molecule has 4 N–H and O–H groups in total. The Labute approximate surface area is 125 Å². The summed E-state index contributed by atoms with van der Waals surface area (Å²) >= 11 is 0.